The maximum absolute atomic E-state index is 12.3. The predicted octanol–water partition coefficient (Wildman–Crippen LogP) is 4.03. The first-order chi connectivity index (χ1) is 10.5. The van der Waals surface area contributed by atoms with Crippen molar-refractivity contribution in [3.63, 3.8) is 0 Å². The number of rotatable bonds is 4. The summed E-state index contributed by atoms with van der Waals surface area (Å²) < 4.78 is 6.00. The smallest absolute Gasteiger partial charge is 0.338 e. The minimum atomic E-state index is -0.384. The molecule has 22 heavy (non-hydrogen) atoms. The Morgan fingerprint density at radius 3 is 2.59 bits per heavy atom. The van der Waals surface area contributed by atoms with Gasteiger partial charge in [0.2, 0.25) is 0 Å². The zero-order valence-electron chi connectivity index (χ0n) is 12.4. The van der Waals surface area contributed by atoms with Gasteiger partial charge in [0.25, 0.3) is 5.91 Å². The quantitative estimate of drug-likeness (QED) is 0.613. The molecule has 0 atom stereocenters. The lowest BCUT2D eigenvalue weighted by molar-refractivity contribution is 0.0525. The van der Waals surface area contributed by atoms with E-state index in [-0.39, 0.29) is 11.9 Å². The summed E-state index contributed by atoms with van der Waals surface area (Å²) in [6, 6.07) is 12.5. The third-order valence-electron chi connectivity index (χ3n) is 3.16. The Morgan fingerprint density at radius 1 is 1.18 bits per heavy atom. The van der Waals surface area contributed by atoms with E-state index in [2.05, 4.69) is 27.9 Å². The van der Waals surface area contributed by atoms with Crippen LogP contribution in [0.1, 0.15) is 33.2 Å². The first-order valence-corrected chi connectivity index (χ1v) is 7.94. The van der Waals surface area contributed by atoms with Crippen LogP contribution >= 0.6 is 22.6 Å². The second kappa shape index (κ2) is 7.40. The fourth-order valence-corrected chi connectivity index (χ4v) is 2.57. The number of carbonyl (C=O) groups excluding carboxylic acids is 2. The molecular formula is C17H16INO3. The molecular weight excluding hydrogens is 393 g/mol. The van der Waals surface area contributed by atoms with Gasteiger partial charge in [-0.25, -0.2) is 4.79 Å². The van der Waals surface area contributed by atoms with E-state index in [4.69, 9.17) is 4.74 Å². The van der Waals surface area contributed by atoms with Crippen molar-refractivity contribution in [3.05, 3.63) is 62.7 Å². The highest BCUT2D eigenvalue weighted by atomic mass is 127. The average molecular weight is 409 g/mol. The molecule has 0 spiro atoms. The monoisotopic (exact) mass is 409 g/mol. The van der Waals surface area contributed by atoms with Crippen molar-refractivity contribution in [2.75, 3.05) is 11.9 Å². The van der Waals surface area contributed by atoms with Crippen LogP contribution < -0.4 is 5.32 Å². The molecule has 0 saturated carbocycles. The molecule has 0 fully saturated rings. The number of nitrogens with one attached hydrogen (secondary N) is 1. The van der Waals surface area contributed by atoms with Crippen LogP contribution in [-0.4, -0.2) is 18.5 Å². The molecule has 0 bridgehead atoms. The second-order valence-corrected chi connectivity index (χ2v) is 5.91. The summed E-state index contributed by atoms with van der Waals surface area (Å²) in [5.74, 6) is -0.590. The Balaban J connectivity index is 2.25. The van der Waals surface area contributed by atoms with Gasteiger partial charge in [-0.1, -0.05) is 12.1 Å². The molecule has 5 heteroatoms. The van der Waals surface area contributed by atoms with Gasteiger partial charge >= 0.3 is 5.97 Å². The Labute approximate surface area is 143 Å². The van der Waals surface area contributed by atoms with E-state index in [1.165, 1.54) is 0 Å². The van der Waals surface area contributed by atoms with Crippen LogP contribution in [0.2, 0.25) is 0 Å². The largest absolute Gasteiger partial charge is 0.462 e. The van der Waals surface area contributed by atoms with Gasteiger partial charge in [0.1, 0.15) is 0 Å². The highest BCUT2D eigenvalue weighted by Crippen LogP contribution is 2.21. The summed E-state index contributed by atoms with van der Waals surface area (Å²) in [4.78, 5) is 24.2. The summed E-state index contributed by atoms with van der Waals surface area (Å²) in [6.45, 7) is 3.86. The van der Waals surface area contributed by atoms with Gasteiger partial charge in [-0.15, -0.1) is 0 Å². The van der Waals surface area contributed by atoms with Gasteiger partial charge in [0.15, 0.2) is 0 Å². The molecule has 2 aromatic carbocycles. The van der Waals surface area contributed by atoms with Crippen molar-refractivity contribution in [1.82, 2.24) is 0 Å². The number of amides is 1. The fraction of sp³-hybridized carbons (Fsp3) is 0.176. The zero-order valence-corrected chi connectivity index (χ0v) is 14.5. The molecule has 2 rings (SSSR count). The lowest BCUT2D eigenvalue weighted by Crippen LogP contribution is -2.15. The van der Waals surface area contributed by atoms with Crippen LogP contribution in [0, 0.1) is 10.5 Å². The molecule has 0 aliphatic rings. The van der Waals surface area contributed by atoms with Crippen molar-refractivity contribution < 1.29 is 14.3 Å². The molecule has 114 valence electrons. The van der Waals surface area contributed by atoms with Crippen LogP contribution in [0.3, 0.4) is 0 Å². The molecule has 4 nitrogen and oxygen atoms in total. The summed E-state index contributed by atoms with van der Waals surface area (Å²) in [6.07, 6.45) is 0. The number of hydrogen-bond donors (Lipinski definition) is 1. The normalized spacial score (nSPS) is 10.1. The molecule has 0 aromatic heterocycles. The maximum atomic E-state index is 12.3. The number of esters is 1. The number of ether oxygens (including phenoxy) is 1. The molecule has 0 heterocycles. The molecule has 1 N–H and O–H groups in total. The first kappa shape index (κ1) is 16.5. The number of carbonyl (C=O) groups is 2. The molecule has 0 aliphatic carbocycles. The van der Waals surface area contributed by atoms with Gasteiger partial charge in [0, 0.05) is 14.8 Å². The minimum Gasteiger partial charge on any atom is -0.462 e. The summed E-state index contributed by atoms with van der Waals surface area (Å²) >= 11 is 2.16. The Bertz CT molecular complexity index is 713. The van der Waals surface area contributed by atoms with Gasteiger partial charge in [0.05, 0.1) is 12.2 Å². The molecule has 0 aliphatic heterocycles. The Hall–Kier alpha value is -1.89. The Morgan fingerprint density at radius 2 is 1.91 bits per heavy atom. The minimum absolute atomic E-state index is 0.206. The van der Waals surface area contributed by atoms with Crippen LogP contribution in [0.15, 0.2) is 42.5 Å². The SMILES string of the molecule is CCOC(=O)c1cccc(NC(=O)c2cccc(I)c2)c1C. The summed E-state index contributed by atoms with van der Waals surface area (Å²) in [5.41, 5.74) is 2.34. The highest BCUT2D eigenvalue weighted by molar-refractivity contribution is 14.1. The highest BCUT2D eigenvalue weighted by Gasteiger charge is 2.14. The number of hydrogen-bond acceptors (Lipinski definition) is 3. The predicted molar refractivity (Wildman–Crippen MR) is 94.2 cm³/mol. The molecule has 0 saturated heterocycles. The zero-order chi connectivity index (χ0) is 16.1. The van der Waals surface area contributed by atoms with Gasteiger partial charge in [-0.3, -0.25) is 4.79 Å². The van der Waals surface area contributed by atoms with Crippen LogP contribution in [-0.2, 0) is 4.74 Å². The maximum Gasteiger partial charge on any atom is 0.338 e. The van der Waals surface area contributed by atoms with E-state index in [1.54, 1.807) is 44.2 Å². The lowest BCUT2D eigenvalue weighted by atomic mass is 10.1. The first-order valence-electron chi connectivity index (χ1n) is 6.86. The fourth-order valence-electron chi connectivity index (χ4n) is 2.03. The molecule has 1 amide bonds. The van der Waals surface area contributed by atoms with Gasteiger partial charge in [-0.2, -0.15) is 0 Å². The van der Waals surface area contributed by atoms with Crippen LogP contribution in [0.4, 0.5) is 5.69 Å². The van der Waals surface area contributed by atoms with Gasteiger partial charge in [-0.05, 0) is 72.3 Å². The van der Waals surface area contributed by atoms with Crippen molar-refractivity contribution in [1.29, 1.82) is 0 Å². The van der Waals surface area contributed by atoms with Gasteiger partial charge < -0.3 is 10.1 Å². The topological polar surface area (TPSA) is 55.4 Å². The van der Waals surface area contributed by atoms with Crippen molar-refractivity contribution >= 4 is 40.2 Å². The van der Waals surface area contributed by atoms with E-state index < -0.39 is 0 Å². The van der Waals surface area contributed by atoms with E-state index in [9.17, 15) is 9.59 Å². The number of benzene rings is 2. The number of halogens is 1. The summed E-state index contributed by atoms with van der Waals surface area (Å²) in [5, 5.41) is 2.84. The van der Waals surface area contributed by atoms with Crippen LogP contribution in [0.5, 0.6) is 0 Å². The van der Waals surface area contributed by atoms with E-state index in [0.29, 0.717) is 29.0 Å². The van der Waals surface area contributed by atoms with E-state index in [1.807, 2.05) is 12.1 Å². The number of anilines is 1. The van der Waals surface area contributed by atoms with Crippen molar-refractivity contribution in [2.24, 2.45) is 0 Å². The van der Waals surface area contributed by atoms with E-state index in [0.717, 1.165) is 3.57 Å². The average Bonchev–Trinajstić information content (AvgIpc) is 2.49. The van der Waals surface area contributed by atoms with E-state index >= 15 is 0 Å². The second-order valence-electron chi connectivity index (χ2n) is 4.66. The third-order valence-corrected chi connectivity index (χ3v) is 3.84. The molecule has 0 unspecified atom stereocenters. The standard InChI is InChI=1S/C17H16INO3/c1-3-22-17(21)14-8-5-9-15(11(14)2)19-16(20)12-6-4-7-13(18)10-12/h4-10H,3H2,1-2H3,(H,19,20). The molecule has 2 aromatic rings. The van der Waals surface area contributed by atoms with Crippen molar-refractivity contribution in [2.45, 2.75) is 13.8 Å². The van der Waals surface area contributed by atoms with Crippen LogP contribution in [0.25, 0.3) is 0 Å². The molecule has 0 radical (unpaired) electrons. The Kier molecular flexibility index (Phi) is 5.54. The third kappa shape index (κ3) is 3.85. The lowest BCUT2D eigenvalue weighted by Gasteiger charge is -2.12. The van der Waals surface area contributed by atoms with Crippen molar-refractivity contribution in [3.8, 4) is 0 Å². The summed E-state index contributed by atoms with van der Waals surface area (Å²) in [7, 11) is 0.